The lowest BCUT2D eigenvalue weighted by molar-refractivity contribution is 0.0821. The monoisotopic (exact) mass is 277 g/mol. The summed E-state index contributed by atoms with van der Waals surface area (Å²) < 4.78 is 0. The van der Waals surface area contributed by atoms with E-state index in [1.807, 2.05) is 6.07 Å². The SMILES string of the molecule is CCN1CCC(CNc2ccc(C(=O)N(C)C)nn2)C1. The van der Waals surface area contributed by atoms with Gasteiger partial charge in [0.15, 0.2) is 5.69 Å². The number of nitrogens with zero attached hydrogens (tertiary/aromatic N) is 4. The first-order chi connectivity index (χ1) is 9.60. The van der Waals surface area contributed by atoms with Gasteiger partial charge in [0.2, 0.25) is 0 Å². The Morgan fingerprint density at radius 1 is 1.45 bits per heavy atom. The minimum Gasteiger partial charge on any atom is -0.368 e. The second kappa shape index (κ2) is 6.65. The van der Waals surface area contributed by atoms with E-state index in [0.29, 0.717) is 11.6 Å². The minimum atomic E-state index is -0.126. The molecule has 1 N–H and O–H groups in total. The number of likely N-dealkylation sites (tertiary alicyclic amines) is 1. The van der Waals surface area contributed by atoms with E-state index in [2.05, 4.69) is 27.3 Å². The number of carbonyl (C=O) groups is 1. The third-order valence-electron chi connectivity index (χ3n) is 3.68. The van der Waals surface area contributed by atoms with Crippen molar-refractivity contribution in [2.24, 2.45) is 5.92 Å². The number of hydrogen-bond donors (Lipinski definition) is 1. The molecule has 6 heteroatoms. The Morgan fingerprint density at radius 2 is 2.25 bits per heavy atom. The molecular weight excluding hydrogens is 254 g/mol. The molecule has 0 spiro atoms. The lowest BCUT2D eigenvalue weighted by atomic mass is 10.1. The predicted molar refractivity (Wildman–Crippen MR) is 78.8 cm³/mol. The molecule has 6 nitrogen and oxygen atoms in total. The number of hydrogen-bond acceptors (Lipinski definition) is 5. The molecule has 2 rings (SSSR count). The third kappa shape index (κ3) is 3.66. The van der Waals surface area contributed by atoms with Gasteiger partial charge in [0.05, 0.1) is 0 Å². The molecule has 1 aromatic heterocycles. The number of rotatable bonds is 5. The zero-order valence-corrected chi connectivity index (χ0v) is 12.5. The molecule has 1 aliphatic rings. The predicted octanol–water partition coefficient (Wildman–Crippen LogP) is 0.932. The second-order valence-electron chi connectivity index (χ2n) is 5.43. The van der Waals surface area contributed by atoms with Gasteiger partial charge in [0.1, 0.15) is 5.82 Å². The highest BCUT2D eigenvalue weighted by Gasteiger charge is 2.20. The highest BCUT2D eigenvalue weighted by molar-refractivity contribution is 5.91. The van der Waals surface area contributed by atoms with Crippen molar-refractivity contribution >= 4 is 11.7 Å². The van der Waals surface area contributed by atoms with Gasteiger partial charge in [-0.3, -0.25) is 4.79 Å². The number of aromatic nitrogens is 2. The largest absolute Gasteiger partial charge is 0.368 e. The van der Waals surface area contributed by atoms with Gasteiger partial charge in [-0.2, -0.15) is 0 Å². The van der Waals surface area contributed by atoms with Crippen molar-refractivity contribution in [3.63, 3.8) is 0 Å². The van der Waals surface area contributed by atoms with Gasteiger partial charge in [-0.25, -0.2) is 0 Å². The van der Waals surface area contributed by atoms with Crippen molar-refractivity contribution < 1.29 is 4.79 Å². The average molecular weight is 277 g/mol. The summed E-state index contributed by atoms with van der Waals surface area (Å²) in [5.41, 5.74) is 0.374. The van der Waals surface area contributed by atoms with E-state index in [-0.39, 0.29) is 5.91 Å². The molecule has 1 aliphatic heterocycles. The standard InChI is InChI=1S/C14H23N5O/c1-4-19-8-7-11(10-19)9-15-13-6-5-12(16-17-13)14(20)18(2)3/h5-6,11H,4,7-10H2,1-3H3,(H,15,17). The van der Waals surface area contributed by atoms with Gasteiger partial charge in [0.25, 0.3) is 5.91 Å². The van der Waals surface area contributed by atoms with Crippen LogP contribution in [0.1, 0.15) is 23.8 Å². The molecule has 110 valence electrons. The van der Waals surface area contributed by atoms with E-state index in [0.717, 1.165) is 25.5 Å². The van der Waals surface area contributed by atoms with Crippen molar-refractivity contribution in [3.05, 3.63) is 17.8 Å². The summed E-state index contributed by atoms with van der Waals surface area (Å²) in [4.78, 5) is 15.6. The van der Waals surface area contributed by atoms with Gasteiger partial charge >= 0.3 is 0 Å². The van der Waals surface area contributed by atoms with Crippen LogP contribution in [0.2, 0.25) is 0 Å². The van der Waals surface area contributed by atoms with Crippen LogP contribution in [0.15, 0.2) is 12.1 Å². The van der Waals surface area contributed by atoms with E-state index in [4.69, 9.17) is 0 Å². The van der Waals surface area contributed by atoms with Crippen LogP contribution in [0.4, 0.5) is 5.82 Å². The summed E-state index contributed by atoms with van der Waals surface area (Å²) in [6, 6.07) is 3.53. The number of amides is 1. The van der Waals surface area contributed by atoms with E-state index >= 15 is 0 Å². The topological polar surface area (TPSA) is 61.4 Å². The van der Waals surface area contributed by atoms with E-state index in [1.165, 1.54) is 17.9 Å². The van der Waals surface area contributed by atoms with E-state index in [1.54, 1.807) is 20.2 Å². The van der Waals surface area contributed by atoms with Gasteiger partial charge in [0, 0.05) is 27.2 Å². The molecule has 1 unspecified atom stereocenters. The highest BCUT2D eigenvalue weighted by atomic mass is 16.2. The van der Waals surface area contributed by atoms with E-state index in [9.17, 15) is 4.79 Å². The zero-order valence-electron chi connectivity index (χ0n) is 12.5. The third-order valence-corrected chi connectivity index (χ3v) is 3.68. The Morgan fingerprint density at radius 3 is 2.80 bits per heavy atom. The van der Waals surface area contributed by atoms with Crippen LogP contribution in [0.3, 0.4) is 0 Å². The van der Waals surface area contributed by atoms with Crippen LogP contribution in [0.25, 0.3) is 0 Å². The lowest BCUT2D eigenvalue weighted by Gasteiger charge is -2.14. The molecule has 0 aliphatic carbocycles. The molecule has 2 heterocycles. The molecule has 0 radical (unpaired) electrons. The van der Waals surface area contributed by atoms with Gasteiger partial charge < -0.3 is 15.1 Å². The molecule has 1 saturated heterocycles. The quantitative estimate of drug-likeness (QED) is 0.867. The van der Waals surface area contributed by atoms with Crippen molar-refractivity contribution in [1.82, 2.24) is 20.0 Å². The Hall–Kier alpha value is -1.69. The molecule has 0 bridgehead atoms. The molecule has 1 amide bonds. The van der Waals surface area contributed by atoms with Gasteiger partial charge in [-0.15, -0.1) is 10.2 Å². The Labute approximate surface area is 120 Å². The summed E-state index contributed by atoms with van der Waals surface area (Å²) in [6.07, 6.45) is 1.23. The zero-order chi connectivity index (χ0) is 14.5. The molecule has 0 aromatic carbocycles. The number of nitrogens with one attached hydrogen (secondary N) is 1. The fourth-order valence-electron chi connectivity index (χ4n) is 2.39. The Bertz CT molecular complexity index is 445. The van der Waals surface area contributed by atoms with Crippen LogP contribution in [-0.4, -0.2) is 66.2 Å². The molecule has 0 saturated carbocycles. The fraction of sp³-hybridized carbons (Fsp3) is 0.643. The second-order valence-corrected chi connectivity index (χ2v) is 5.43. The van der Waals surface area contributed by atoms with Crippen LogP contribution in [0, 0.1) is 5.92 Å². The van der Waals surface area contributed by atoms with Gasteiger partial charge in [-0.1, -0.05) is 6.92 Å². The summed E-state index contributed by atoms with van der Waals surface area (Å²) in [7, 11) is 3.41. The summed E-state index contributed by atoms with van der Waals surface area (Å²) >= 11 is 0. The van der Waals surface area contributed by atoms with Crippen LogP contribution >= 0.6 is 0 Å². The summed E-state index contributed by atoms with van der Waals surface area (Å²) in [5, 5.41) is 11.3. The first-order valence-electron chi connectivity index (χ1n) is 7.11. The fourth-order valence-corrected chi connectivity index (χ4v) is 2.39. The first-order valence-corrected chi connectivity index (χ1v) is 7.11. The minimum absolute atomic E-state index is 0.126. The maximum atomic E-state index is 11.7. The van der Waals surface area contributed by atoms with Crippen LogP contribution in [-0.2, 0) is 0 Å². The van der Waals surface area contributed by atoms with Crippen molar-refractivity contribution in [2.75, 3.05) is 45.6 Å². The summed E-state index contributed by atoms with van der Waals surface area (Å²) in [5.74, 6) is 1.27. The average Bonchev–Trinajstić information content (AvgIpc) is 2.93. The lowest BCUT2D eigenvalue weighted by Crippen LogP contribution is -2.24. The summed E-state index contributed by atoms with van der Waals surface area (Å²) in [6.45, 7) is 6.56. The maximum absolute atomic E-state index is 11.7. The van der Waals surface area contributed by atoms with Crippen molar-refractivity contribution in [2.45, 2.75) is 13.3 Å². The Balaban J connectivity index is 1.84. The normalized spacial score (nSPS) is 19.1. The molecular formula is C14H23N5O. The van der Waals surface area contributed by atoms with Crippen molar-refractivity contribution in [3.8, 4) is 0 Å². The van der Waals surface area contributed by atoms with Gasteiger partial charge in [-0.05, 0) is 37.6 Å². The highest BCUT2D eigenvalue weighted by Crippen LogP contribution is 2.16. The van der Waals surface area contributed by atoms with Crippen LogP contribution in [0.5, 0.6) is 0 Å². The first kappa shape index (κ1) is 14.7. The Kier molecular flexibility index (Phi) is 4.89. The van der Waals surface area contributed by atoms with Crippen LogP contribution < -0.4 is 5.32 Å². The molecule has 1 fully saturated rings. The maximum Gasteiger partial charge on any atom is 0.273 e. The molecule has 1 aromatic rings. The number of anilines is 1. The molecule has 1 atom stereocenters. The van der Waals surface area contributed by atoms with E-state index < -0.39 is 0 Å². The van der Waals surface area contributed by atoms with Crippen molar-refractivity contribution in [1.29, 1.82) is 0 Å². The molecule has 20 heavy (non-hydrogen) atoms. The smallest absolute Gasteiger partial charge is 0.273 e. The number of carbonyl (C=O) groups excluding carboxylic acids is 1.